The van der Waals surface area contributed by atoms with Crippen LogP contribution in [0.2, 0.25) is 0 Å². The zero-order valence-corrected chi connectivity index (χ0v) is 30.5. The van der Waals surface area contributed by atoms with Gasteiger partial charge in [0.1, 0.15) is 13.6 Å². The Morgan fingerprint density at radius 3 is 1.31 bits per heavy atom. The molecule has 0 aromatic carbocycles. The lowest BCUT2D eigenvalue weighted by molar-refractivity contribution is -0.165. The van der Waals surface area contributed by atoms with Gasteiger partial charge in [-0.1, -0.05) is 32.2 Å². The molecule has 0 unspecified atom stereocenters. The van der Waals surface area contributed by atoms with E-state index < -0.39 is 23.3 Å². The summed E-state index contributed by atoms with van der Waals surface area (Å²) in [6, 6.07) is 0. The number of esters is 3. The fourth-order valence-corrected chi connectivity index (χ4v) is 4.28. The Labute approximate surface area is 304 Å². The standard InChI is InChI=1S/C37H62O14/c1-5-9-10-11-12-19-45-32-47-28-37(26-35(39)50-24-17-14-20-43-30-41-7-3,27-36(40)51-25-18-15-21-44-31-42-8-4)29-48-33-46-22-13-16-23-49-34(38)6-2/h5-8H,1-4,9-33H2. The fourth-order valence-electron chi connectivity index (χ4n) is 4.28. The number of carbonyl (C=O) groups is 3. The molecular weight excluding hydrogens is 668 g/mol. The van der Waals surface area contributed by atoms with Crippen LogP contribution in [-0.2, 0) is 66.5 Å². The molecule has 51 heavy (non-hydrogen) atoms. The molecule has 0 saturated heterocycles. The van der Waals surface area contributed by atoms with Gasteiger partial charge in [-0.3, -0.25) is 9.59 Å². The molecule has 0 amide bonds. The first-order valence-electron chi connectivity index (χ1n) is 17.6. The second-order valence-electron chi connectivity index (χ2n) is 11.4. The molecule has 0 aliphatic rings. The average molecular weight is 731 g/mol. The molecule has 0 aliphatic heterocycles. The molecule has 14 heteroatoms. The maximum Gasteiger partial charge on any atom is 0.330 e. The van der Waals surface area contributed by atoms with Crippen molar-refractivity contribution in [3.05, 3.63) is 51.0 Å². The number of ether oxygens (including phenoxy) is 11. The summed E-state index contributed by atoms with van der Waals surface area (Å²) >= 11 is 0. The predicted molar refractivity (Wildman–Crippen MR) is 189 cm³/mol. The largest absolute Gasteiger partial charge is 0.476 e. The highest BCUT2D eigenvalue weighted by atomic mass is 16.7. The van der Waals surface area contributed by atoms with E-state index in [-0.39, 0.29) is 73.0 Å². The number of hydrogen-bond donors (Lipinski definition) is 0. The fraction of sp³-hybridized carbons (Fsp3) is 0.703. The van der Waals surface area contributed by atoms with Gasteiger partial charge in [-0.05, 0) is 57.8 Å². The van der Waals surface area contributed by atoms with Crippen LogP contribution in [0.3, 0.4) is 0 Å². The number of allylic oxidation sites excluding steroid dienone is 1. The smallest absolute Gasteiger partial charge is 0.330 e. The van der Waals surface area contributed by atoms with Crippen molar-refractivity contribution < 1.29 is 66.5 Å². The molecule has 0 bridgehead atoms. The molecule has 0 spiro atoms. The van der Waals surface area contributed by atoms with Crippen LogP contribution in [0.1, 0.15) is 77.0 Å². The van der Waals surface area contributed by atoms with Crippen molar-refractivity contribution in [2.45, 2.75) is 77.0 Å². The molecule has 0 fully saturated rings. The molecule has 0 heterocycles. The van der Waals surface area contributed by atoms with Gasteiger partial charge >= 0.3 is 17.9 Å². The lowest BCUT2D eigenvalue weighted by Gasteiger charge is -2.31. The average Bonchev–Trinajstić information content (AvgIpc) is 3.12. The van der Waals surface area contributed by atoms with E-state index >= 15 is 0 Å². The molecule has 0 radical (unpaired) electrons. The van der Waals surface area contributed by atoms with E-state index in [9.17, 15) is 14.4 Å². The maximum absolute atomic E-state index is 13.1. The highest BCUT2D eigenvalue weighted by Gasteiger charge is 2.38. The number of carbonyl (C=O) groups excluding carboxylic acids is 3. The summed E-state index contributed by atoms with van der Waals surface area (Å²) in [5, 5.41) is 0. The SMILES string of the molecule is C=CCCCCCOCOCC(COCOCCCCOC(=O)C=C)(CC(=O)OCCCCOCOC=C)CC(=O)OCCCCOCOC=C. The molecule has 0 atom stereocenters. The van der Waals surface area contributed by atoms with Crippen LogP contribution in [0.25, 0.3) is 0 Å². The molecule has 294 valence electrons. The Balaban J connectivity index is 5.26. The summed E-state index contributed by atoms with van der Waals surface area (Å²) in [6.07, 6.45) is 12.8. The van der Waals surface area contributed by atoms with Crippen molar-refractivity contribution in [2.24, 2.45) is 5.41 Å². The summed E-state index contributed by atoms with van der Waals surface area (Å²) in [7, 11) is 0. The van der Waals surface area contributed by atoms with E-state index in [1.54, 1.807) is 0 Å². The van der Waals surface area contributed by atoms with Gasteiger partial charge in [0.05, 0.1) is 71.6 Å². The Hall–Kier alpha value is -3.27. The molecule has 0 aromatic rings. The van der Waals surface area contributed by atoms with Gasteiger partial charge in [-0.25, -0.2) is 4.79 Å². The topological polar surface area (TPSA) is 153 Å². The second kappa shape index (κ2) is 36.5. The number of unbranched alkanes of at least 4 members (excludes halogenated alkanes) is 6. The third-order valence-corrected chi connectivity index (χ3v) is 6.91. The summed E-state index contributed by atoms with van der Waals surface area (Å²) in [4.78, 5) is 37.4. The summed E-state index contributed by atoms with van der Waals surface area (Å²) in [6.45, 7) is 16.3. The Morgan fingerprint density at radius 2 is 0.882 bits per heavy atom. The van der Waals surface area contributed by atoms with Crippen molar-refractivity contribution >= 4 is 17.9 Å². The third kappa shape index (κ3) is 32.4. The minimum Gasteiger partial charge on any atom is -0.476 e. The highest BCUT2D eigenvalue weighted by molar-refractivity contribution is 5.81. The van der Waals surface area contributed by atoms with Gasteiger partial charge in [-0.15, -0.1) is 6.58 Å². The van der Waals surface area contributed by atoms with Gasteiger partial charge in [0.25, 0.3) is 0 Å². The number of hydrogen-bond acceptors (Lipinski definition) is 14. The quantitative estimate of drug-likeness (QED) is 0.0140. The van der Waals surface area contributed by atoms with Crippen LogP contribution < -0.4 is 0 Å². The first-order chi connectivity index (χ1) is 24.9. The van der Waals surface area contributed by atoms with Crippen molar-refractivity contribution in [3.8, 4) is 0 Å². The molecule has 14 nitrogen and oxygen atoms in total. The monoisotopic (exact) mass is 730 g/mol. The van der Waals surface area contributed by atoms with Crippen LogP contribution in [0, 0.1) is 5.41 Å². The predicted octanol–water partition coefficient (Wildman–Crippen LogP) is 5.91. The second-order valence-corrected chi connectivity index (χ2v) is 11.4. The molecule has 0 aliphatic carbocycles. The van der Waals surface area contributed by atoms with Gasteiger partial charge in [0, 0.05) is 24.7 Å². The maximum atomic E-state index is 13.1. The van der Waals surface area contributed by atoms with Crippen LogP contribution in [0.5, 0.6) is 0 Å². The number of rotatable bonds is 40. The van der Waals surface area contributed by atoms with E-state index in [1.165, 1.54) is 12.5 Å². The highest BCUT2D eigenvalue weighted by Crippen LogP contribution is 2.30. The van der Waals surface area contributed by atoms with E-state index in [0.717, 1.165) is 31.8 Å². The first-order valence-corrected chi connectivity index (χ1v) is 17.6. The minimum atomic E-state index is -1.12. The summed E-state index contributed by atoms with van der Waals surface area (Å²) < 4.78 is 59.3. The lowest BCUT2D eigenvalue weighted by atomic mass is 9.82. The van der Waals surface area contributed by atoms with Gasteiger partial charge in [0.15, 0.2) is 13.6 Å². The Bertz CT molecular complexity index is 872. The summed E-state index contributed by atoms with van der Waals surface area (Å²) in [5.74, 6) is -1.50. The van der Waals surface area contributed by atoms with E-state index in [2.05, 4.69) is 26.3 Å². The normalized spacial score (nSPS) is 11.0. The molecule has 0 aromatic heterocycles. The van der Waals surface area contributed by atoms with Crippen molar-refractivity contribution in [1.29, 1.82) is 0 Å². The van der Waals surface area contributed by atoms with Crippen LogP contribution in [-0.4, -0.2) is 105 Å². The van der Waals surface area contributed by atoms with E-state index in [4.69, 9.17) is 52.1 Å². The molecule has 0 rings (SSSR count). The van der Waals surface area contributed by atoms with Gasteiger partial charge < -0.3 is 52.1 Å². The minimum absolute atomic E-state index is 0.0225. The zero-order valence-electron chi connectivity index (χ0n) is 30.5. The van der Waals surface area contributed by atoms with Crippen LogP contribution >= 0.6 is 0 Å². The zero-order chi connectivity index (χ0) is 37.5. The van der Waals surface area contributed by atoms with Crippen molar-refractivity contribution in [1.82, 2.24) is 0 Å². The van der Waals surface area contributed by atoms with Gasteiger partial charge in [0.2, 0.25) is 0 Å². The Kier molecular flexibility index (Phi) is 34.2. The van der Waals surface area contributed by atoms with E-state index in [0.29, 0.717) is 65.0 Å². The van der Waals surface area contributed by atoms with E-state index in [1.807, 2.05) is 6.08 Å². The van der Waals surface area contributed by atoms with Crippen LogP contribution in [0.15, 0.2) is 51.0 Å². The molecular formula is C37H62O14. The summed E-state index contributed by atoms with van der Waals surface area (Å²) in [5.41, 5.74) is -1.12. The van der Waals surface area contributed by atoms with Crippen LogP contribution in [0.4, 0.5) is 0 Å². The van der Waals surface area contributed by atoms with Gasteiger partial charge in [-0.2, -0.15) is 0 Å². The lowest BCUT2D eigenvalue weighted by Crippen LogP contribution is -2.39. The third-order valence-electron chi connectivity index (χ3n) is 6.91. The Morgan fingerprint density at radius 1 is 0.471 bits per heavy atom. The molecule has 0 saturated carbocycles. The first kappa shape index (κ1) is 47.7. The molecule has 0 N–H and O–H groups in total. The van der Waals surface area contributed by atoms with Crippen molar-refractivity contribution in [2.75, 3.05) is 86.6 Å². The van der Waals surface area contributed by atoms with Crippen molar-refractivity contribution in [3.63, 3.8) is 0 Å².